The first-order chi connectivity index (χ1) is 13.5. The van der Waals surface area contributed by atoms with Crippen molar-refractivity contribution in [3.8, 4) is 0 Å². The summed E-state index contributed by atoms with van der Waals surface area (Å²) in [5, 5.41) is 13.8. The normalized spacial score (nSPS) is 28.7. The molecule has 2 aliphatic carbocycles. The van der Waals surface area contributed by atoms with Crippen molar-refractivity contribution in [2.24, 2.45) is 11.8 Å². The number of rotatable bonds is 5. The van der Waals surface area contributed by atoms with Gasteiger partial charge in [0.2, 0.25) is 11.8 Å². The van der Waals surface area contributed by atoms with Gasteiger partial charge in [0.05, 0.1) is 5.60 Å². The summed E-state index contributed by atoms with van der Waals surface area (Å²) in [5.41, 5.74) is 2.93. The number of anilines is 1. The molecule has 2 fully saturated rings. The Kier molecular flexibility index (Phi) is 5.46. The molecule has 4 rings (SSSR count). The quantitative estimate of drug-likeness (QED) is 0.818. The number of hydrogen-bond acceptors (Lipinski definition) is 3. The SMILES string of the molecule is CC[C@@]1(O)CCC[C@@H]2CN(C(=O)CCC(=O)Nc3ccc4c(c3)CCC4)C[C@@H]21. The number of fused-ring (bicyclic) bond motifs is 2. The molecule has 3 atom stereocenters. The Morgan fingerprint density at radius 1 is 1.18 bits per heavy atom. The van der Waals surface area contributed by atoms with Crippen molar-refractivity contribution in [2.75, 3.05) is 18.4 Å². The van der Waals surface area contributed by atoms with E-state index in [9.17, 15) is 14.7 Å². The summed E-state index contributed by atoms with van der Waals surface area (Å²) in [6.45, 7) is 3.41. The van der Waals surface area contributed by atoms with E-state index >= 15 is 0 Å². The van der Waals surface area contributed by atoms with E-state index in [0.29, 0.717) is 12.5 Å². The molecule has 0 bridgehead atoms. The number of nitrogens with one attached hydrogen (secondary N) is 1. The lowest BCUT2D eigenvalue weighted by molar-refractivity contribution is -0.132. The number of nitrogens with zero attached hydrogens (tertiary/aromatic N) is 1. The smallest absolute Gasteiger partial charge is 0.224 e. The maximum absolute atomic E-state index is 12.7. The summed E-state index contributed by atoms with van der Waals surface area (Å²) in [5.74, 6) is 0.531. The molecule has 0 spiro atoms. The van der Waals surface area contributed by atoms with E-state index in [1.54, 1.807) is 0 Å². The van der Waals surface area contributed by atoms with Crippen LogP contribution in [0.25, 0.3) is 0 Å². The molecule has 0 aromatic heterocycles. The molecule has 0 unspecified atom stereocenters. The van der Waals surface area contributed by atoms with E-state index < -0.39 is 5.60 Å². The Hall–Kier alpha value is -1.88. The van der Waals surface area contributed by atoms with Gasteiger partial charge < -0.3 is 15.3 Å². The number of aryl methyl sites for hydroxylation is 2. The van der Waals surface area contributed by atoms with Crippen LogP contribution in [0.5, 0.6) is 0 Å². The molecule has 1 heterocycles. The first kappa shape index (κ1) is 19.4. The van der Waals surface area contributed by atoms with Gasteiger partial charge in [-0.3, -0.25) is 9.59 Å². The predicted octanol–water partition coefficient (Wildman–Crippen LogP) is 3.29. The highest BCUT2D eigenvalue weighted by Crippen LogP contribution is 2.44. The van der Waals surface area contributed by atoms with Crippen LogP contribution in [0.2, 0.25) is 0 Å². The van der Waals surface area contributed by atoms with E-state index in [1.165, 1.54) is 17.5 Å². The highest BCUT2D eigenvalue weighted by Gasteiger charge is 2.48. The number of hydrogen-bond donors (Lipinski definition) is 2. The first-order valence-corrected chi connectivity index (χ1v) is 10.9. The molecule has 1 saturated carbocycles. The Morgan fingerprint density at radius 2 is 2.00 bits per heavy atom. The van der Waals surface area contributed by atoms with Crippen LogP contribution in [0.1, 0.15) is 63.0 Å². The van der Waals surface area contributed by atoms with E-state index in [1.807, 2.05) is 17.9 Å². The summed E-state index contributed by atoms with van der Waals surface area (Å²) in [6.07, 6.45) is 7.57. The molecule has 28 heavy (non-hydrogen) atoms. The van der Waals surface area contributed by atoms with Crippen LogP contribution < -0.4 is 5.32 Å². The lowest BCUT2D eigenvalue weighted by Gasteiger charge is -2.40. The van der Waals surface area contributed by atoms with Crippen LogP contribution in [-0.4, -0.2) is 40.5 Å². The predicted molar refractivity (Wildman–Crippen MR) is 109 cm³/mol. The van der Waals surface area contributed by atoms with Gasteiger partial charge >= 0.3 is 0 Å². The van der Waals surface area contributed by atoms with Gasteiger partial charge in [0.1, 0.15) is 0 Å². The Balaban J connectivity index is 1.28. The van der Waals surface area contributed by atoms with E-state index in [4.69, 9.17) is 0 Å². The minimum absolute atomic E-state index is 0.0388. The van der Waals surface area contributed by atoms with Crippen LogP contribution in [0.15, 0.2) is 18.2 Å². The monoisotopic (exact) mass is 384 g/mol. The zero-order valence-electron chi connectivity index (χ0n) is 16.9. The molecule has 2 N–H and O–H groups in total. The molecule has 2 amide bonds. The van der Waals surface area contributed by atoms with Crippen LogP contribution in [-0.2, 0) is 22.4 Å². The molecule has 0 radical (unpaired) electrons. The largest absolute Gasteiger partial charge is 0.390 e. The molecule has 5 nitrogen and oxygen atoms in total. The van der Waals surface area contributed by atoms with E-state index in [2.05, 4.69) is 17.4 Å². The first-order valence-electron chi connectivity index (χ1n) is 10.9. The van der Waals surface area contributed by atoms with Crippen molar-refractivity contribution < 1.29 is 14.7 Å². The lowest BCUT2D eigenvalue weighted by Crippen LogP contribution is -2.44. The van der Waals surface area contributed by atoms with Gasteiger partial charge in [0.15, 0.2) is 0 Å². The Labute approximate surface area is 167 Å². The molecule has 1 aliphatic heterocycles. The standard InChI is InChI=1S/C23H32N2O3/c1-2-23(28)12-4-7-18-14-25(15-20(18)23)22(27)11-10-21(26)24-19-9-8-16-5-3-6-17(16)13-19/h8-9,13,18,20,28H,2-7,10-12,14-15H2,1H3,(H,24,26)/t18-,20+,23-/m1/s1. The maximum Gasteiger partial charge on any atom is 0.224 e. The third-order valence-corrected chi connectivity index (χ3v) is 7.23. The van der Waals surface area contributed by atoms with Gasteiger partial charge in [-0.25, -0.2) is 0 Å². The van der Waals surface area contributed by atoms with Gasteiger partial charge in [0, 0.05) is 37.5 Å². The van der Waals surface area contributed by atoms with E-state index in [-0.39, 0.29) is 30.6 Å². The summed E-state index contributed by atoms with van der Waals surface area (Å²) >= 11 is 0. The van der Waals surface area contributed by atoms with E-state index in [0.717, 1.165) is 50.8 Å². The Morgan fingerprint density at radius 3 is 2.82 bits per heavy atom. The number of carbonyl (C=O) groups is 2. The molecular formula is C23H32N2O3. The summed E-state index contributed by atoms with van der Waals surface area (Å²) < 4.78 is 0. The number of benzene rings is 1. The number of aliphatic hydroxyl groups is 1. The Bertz CT molecular complexity index is 762. The molecule has 1 aromatic carbocycles. The third kappa shape index (κ3) is 3.82. The second-order valence-corrected chi connectivity index (χ2v) is 8.90. The average Bonchev–Trinajstić information content (AvgIpc) is 3.33. The molecule has 5 heteroatoms. The van der Waals surface area contributed by atoms with Gasteiger partial charge in [-0.1, -0.05) is 19.4 Å². The van der Waals surface area contributed by atoms with Crippen molar-refractivity contribution in [3.63, 3.8) is 0 Å². The number of carbonyl (C=O) groups excluding carboxylic acids is 2. The highest BCUT2D eigenvalue weighted by atomic mass is 16.3. The topological polar surface area (TPSA) is 69.6 Å². The summed E-state index contributed by atoms with van der Waals surface area (Å²) in [4.78, 5) is 26.9. The molecule has 1 saturated heterocycles. The molecule has 152 valence electrons. The number of amides is 2. The zero-order chi connectivity index (χ0) is 19.7. The van der Waals surface area contributed by atoms with Crippen molar-refractivity contribution >= 4 is 17.5 Å². The summed E-state index contributed by atoms with van der Waals surface area (Å²) in [7, 11) is 0. The van der Waals surface area contributed by atoms with Gasteiger partial charge in [-0.05, 0) is 67.7 Å². The minimum atomic E-state index is -0.622. The fourth-order valence-electron chi connectivity index (χ4n) is 5.52. The van der Waals surface area contributed by atoms with Crippen LogP contribution in [0.3, 0.4) is 0 Å². The summed E-state index contributed by atoms with van der Waals surface area (Å²) in [6, 6.07) is 6.13. The number of likely N-dealkylation sites (tertiary alicyclic amines) is 1. The second-order valence-electron chi connectivity index (χ2n) is 8.90. The van der Waals surface area contributed by atoms with Crippen molar-refractivity contribution in [2.45, 2.75) is 70.3 Å². The third-order valence-electron chi connectivity index (χ3n) is 7.23. The molecular weight excluding hydrogens is 352 g/mol. The van der Waals surface area contributed by atoms with Crippen LogP contribution >= 0.6 is 0 Å². The van der Waals surface area contributed by atoms with Crippen molar-refractivity contribution in [3.05, 3.63) is 29.3 Å². The fraction of sp³-hybridized carbons (Fsp3) is 0.652. The molecule has 3 aliphatic rings. The maximum atomic E-state index is 12.7. The zero-order valence-corrected chi connectivity index (χ0v) is 16.9. The van der Waals surface area contributed by atoms with Gasteiger partial charge in [0.25, 0.3) is 0 Å². The highest BCUT2D eigenvalue weighted by molar-refractivity contribution is 5.93. The average molecular weight is 385 g/mol. The molecule has 1 aromatic rings. The van der Waals surface area contributed by atoms with Crippen LogP contribution in [0, 0.1) is 11.8 Å². The van der Waals surface area contributed by atoms with Crippen LogP contribution in [0.4, 0.5) is 5.69 Å². The van der Waals surface area contributed by atoms with Gasteiger partial charge in [-0.15, -0.1) is 0 Å². The lowest BCUT2D eigenvalue weighted by atomic mass is 9.69. The minimum Gasteiger partial charge on any atom is -0.390 e. The fourth-order valence-corrected chi connectivity index (χ4v) is 5.52. The second kappa shape index (κ2) is 7.86. The van der Waals surface area contributed by atoms with Gasteiger partial charge in [-0.2, -0.15) is 0 Å². The van der Waals surface area contributed by atoms with Crippen molar-refractivity contribution in [1.29, 1.82) is 0 Å². The van der Waals surface area contributed by atoms with Crippen molar-refractivity contribution in [1.82, 2.24) is 4.90 Å².